The van der Waals surface area contributed by atoms with Gasteiger partial charge in [0.1, 0.15) is 10.8 Å². The standard InChI is InChI=1S/C25H30ClN7OS/c1-34-23-15-17(7-10-22(23)33-13-11-32(12-14-33)18-8-9-18)28-25-27-16-19(26)24(30-25)29-20-5-3-4-6-21(20)31-35-2/h3-7,10,15-16,18,31H,8-9,11-14H2,1-2H3,(H2,27,28,29,30). The molecule has 0 radical (unpaired) electrons. The zero-order chi connectivity index (χ0) is 24.2. The molecule has 8 nitrogen and oxygen atoms in total. The highest BCUT2D eigenvalue weighted by molar-refractivity contribution is 7.99. The zero-order valence-electron chi connectivity index (χ0n) is 19.9. The van der Waals surface area contributed by atoms with E-state index in [-0.39, 0.29) is 0 Å². The summed E-state index contributed by atoms with van der Waals surface area (Å²) in [5.74, 6) is 1.80. The number of nitrogens with zero attached hydrogens (tertiary/aromatic N) is 4. The van der Waals surface area contributed by atoms with Gasteiger partial charge in [-0.05, 0) is 37.1 Å². The van der Waals surface area contributed by atoms with Crippen LogP contribution in [0.1, 0.15) is 12.8 Å². The van der Waals surface area contributed by atoms with E-state index < -0.39 is 0 Å². The van der Waals surface area contributed by atoms with Crippen molar-refractivity contribution in [3.05, 3.63) is 53.7 Å². The van der Waals surface area contributed by atoms with Crippen LogP contribution in [0.2, 0.25) is 5.02 Å². The molecule has 2 fully saturated rings. The van der Waals surface area contributed by atoms with E-state index in [0.29, 0.717) is 16.8 Å². The minimum atomic E-state index is 0.438. The number of para-hydroxylation sites is 2. The molecule has 1 aromatic heterocycles. The number of rotatable bonds is 9. The fourth-order valence-electron chi connectivity index (χ4n) is 4.35. The predicted molar refractivity (Wildman–Crippen MR) is 147 cm³/mol. The van der Waals surface area contributed by atoms with Gasteiger partial charge in [-0.1, -0.05) is 35.7 Å². The normalized spacial score (nSPS) is 16.1. The summed E-state index contributed by atoms with van der Waals surface area (Å²) in [7, 11) is 1.71. The Hall–Kier alpha value is -2.88. The van der Waals surface area contributed by atoms with Gasteiger partial charge in [-0.3, -0.25) is 4.90 Å². The van der Waals surface area contributed by atoms with Crippen LogP contribution in [0.4, 0.5) is 34.5 Å². The number of benzene rings is 2. The minimum absolute atomic E-state index is 0.438. The molecule has 10 heteroatoms. The molecule has 1 saturated heterocycles. The van der Waals surface area contributed by atoms with Crippen LogP contribution < -0.4 is 25.0 Å². The van der Waals surface area contributed by atoms with Crippen LogP contribution in [0.15, 0.2) is 48.7 Å². The quantitative estimate of drug-likeness (QED) is 0.318. The molecule has 0 unspecified atom stereocenters. The molecule has 0 spiro atoms. The summed E-state index contributed by atoms with van der Waals surface area (Å²) in [6.45, 7) is 4.25. The van der Waals surface area contributed by atoms with Gasteiger partial charge in [0, 0.05) is 50.2 Å². The maximum atomic E-state index is 6.40. The lowest BCUT2D eigenvalue weighted by atomic mass is 10.2. The third-order valence-electron chi connectivity index (χ3n) is 6.29. The molecular formula is C25H30ClN7OS. The Kier molecular flexibility index (Phi) is 7.36. The molecule has 184 valence electrons. The summed E-state index contributed by atoms with van der Waals surface area (Å²) in [5.41, 5.74) is 3.79. The monoisotopic (exact) mass is 511 g/mol. The first-order valence-corrected chi connectivity index (χ1v) is 13.4. The highest BCUT2D eigenvalue weighted by Crippen LogP contribution is 2.35. The van der Waals surface area contributed by atoms with Crippen molar-refractivity contribution in [3.8, 4) is 5.75 Å². The van der Waals surface area contributed by atoms with Gasteiger partial charge in [-0.15, -0.1) is 0 Å². The lowest BCUT2D eigenvalue weighted by molar-refractivity contribution is 0.247. The molecule has 3 N–H and O–H groups in total. The Morgan fingerprint density at radius 1 is 1.03 bits per heavy atom. The third kappa shape index (κ3) is 5.69. The largest absolute Gasteiger partial charge is 0.495 e. The van der Waals surface area contributed by atoms with E-state index in [1.165, 1.54) is 24.8 Å². The lowest BCUT2D eigenvalue weighted by Gasteiger charge is -2.36. The van der Waals surface area contributed by atoms with Gasteiger partial charge >= 0.3 is 0 Å². The van der Waals surface area contributed by atoms with Crippen LogP contribution in [0.25, 0.3) is 0 Å². The molecule has 0 amide bonds. The second-order valence-electron chi connectivity index (χ2n) is 8.63. The smallest absolute Gasteiger partial charge is 0.229 e. The molecular weight excluding hydrogens is 482 g/mol. The van der Waals surface area contributed by atoms with E-state index >= 15 is 0 Å². The van der Waals surface area contributed by atoms with Crippen molar-refractivity contribution in [2.24, 2.45) is 0 Å². The van der Waals surface area contributed by atoms with Crippen LogP contribution in [0.3, 0.4) is 0 Å². The summed E-state index contributed by atoms with van der Waals surface area (Å²) in [6, 6.07) is 14.8. The first-order valence-electron chi connectivity index (χ1n) is 11.8. The van der Waals surface area contributed by atoms with Crippen LogP contribution in [0.5, 0.6) is 5.75 Å². The first-order chi connectivity index (χ1) is 17.1. The molecule has 1 aliphatic heterocycles. The van der Waals surface area contributed by atoms with E-state index in [1.807, 2.05) is 42.7 Å². The SMILES string of the molecule is COc1cc(Nc2ncc(Cl)c(Nc3ccccc3NSC)n2)ccc1N1CCN(C2CC2)CC1. The molecule has 0 bridgehead atoms. The highest BCUT2D eigenvalue weighted by Gasteiger charge is 2.31. The molecule has 2 heterocycles. The summed E-state index contributed by atoms with van der Waals surface area (Å²) in [4.78, 5) is 14.0. The van der Waals surface area contributed by atoms with E-state index in [1.54, 1.807) is 13.3 Å². The molecule has 2 aromatic carbocycles. The van der Waals surface area contributed by atoms with Gasteiger partial charge in [0.25, 0.3) is 0 Å². The van der Waals surface area contributed by atoms with Crippen molar-refractivity contribution >= 4 is 58.1 Å². The number of piperazine rings is 1. The number of anilines is 6. The second kappa shape index (κ2) is 10.8. The second-order valence-corrected chi connectivity index (χ2v) is 9.65. The molecule has 2 aliphatic rings. The van der Waals surface area contributed by atoms with E-state index in [2.05, 4.69) is 41.2 Å². The molecule has 5 rings (SSSR count). The number of halogens is 1. The van der Waals surface area contributed by atoms with Crippen LogP contribution in [-0.2, 0) is 0 Å². The average Bonchev–Trinajstić information content (AvgIpc) is 3.73. The number of ether oxygens (including phenoxy) is 1. The Balaban J connectivity index is 1.30. The minimum Gasteiger partial charge on any atom is -0.495 e. The maximum Gasteiger partial charge on any atom is 0.229 e. The number of aromatic nitrogens is 2. The van der Waals surface area contributed by atoms with E-state index in [9.17, 15) is 0 Å². The Labute approximate surface area is 215 Å². The van der Waals surface area contributed by atoms with E-state index in [4.69, 9.17) is 16.3 Å². The van der Waals surface area contributed by atoms with Gasteiger partial charge in [-0.25, -0.2) is 4.98 Å². The Bertz CT molecular complexity index is 1170. The molecule has 1 aliphatic carbocycles. The van der Waals surface area contributed by atoms with Crippen molar-refractivity contribution in [1.82, 2.24) is 14.9 Å². The fraction of sp³-hybridized carbons (Fsp3) is 0.360. The van der Waals surface area contributed by atoms with Gasteiger partial charge in [0.2, 0.25) is 5.95 Å². The molecule has 0 atom stereocenters. The number of hydrogen-bond donors (Lipinski definition) is 3. The van der Waals surface area contributed by atoms with Crippen molar-refractivity contribution in [2.45, 2.75) is 18.9 Å². The predicted octanol–water partition coefficient (Wildman–Crippen LogP) is 5.60. The number of nitrogens with one attached hydrogen (secondary N) is 3. The van der Waals surface area contributed by atoms with Gasteiger partial charge < -0.3 is 25.0 Å². The van der Waals surface area contributed by atoms with Crippen LogP contribution in [0, 0.1) is 0 Å². The van der Waals surface area contributed by atoms with E-state index in [0.717, 1.165) is 60.7 Å². The Morgan fingerprint density at radius 3 is 2.51 bits per heavy atom. The first kappa shape index (κ1) is 23.8. The lowest BCUT2D eigenvalue weighted by Crippen LogP contribution is -2.47. The summed E-state index contributed by atoms with van der Waals surface area (Å²) in [6.07, 6.45) is 6.28. The Morgan fingerprint density at radius 2 is 1.80 bits per heavy atom. The van der Waals surface area contributed by atoms with Gasteiger partial charge in [-0.2, -0.15) is 4.98 Å². The zero-order valence-corrected chi connectivity index (χ0v) is 21.5. The van der Waals surface area contributed by atoms with Gasteiger partial charge in [0.05, 0.1) is 30.4 Å². The summed E-state index contributed by atoms with van der Waals surface area (Å²) < 4.78 is 9.00. The summed E-state index contributed by atoms with van der Waals surface area (Å²) >= 11 is 7.92. The van der Waals surface area contributed by atoms with Crippen LogP contribution in [-0.4, -0.2) is 60.5 Å². The molecule has 35 heavy (non-hydrogen) atoms. The third-order valence-corrected chi connectivity index (χ3v) is 6.99. The topological polar surface area (TPSA) is 77.6 Å². The van der Waals surface area contributed by atoms with Crippen molar-refractivity contribution in [3.63, 3.8) is 0 Å². The maximum absolute atomic E-state index is 6.40. The van der Waals surface area contributed by atoms with Crippen molar-refractivity contribution in [1.29, 1.82) is 0 Å². The molecule has 3 aromatic rings. The average molecular weight is 512 g/mol. The van der Waals surface area contributed by atoms with Crippen molar-refractivity contribution < 1.29 is 4.74 Å². The number of methoxy groups -OCH3 is 1. The highest BCUT2D eigenvalue weighted by atomic mass is 35.5. The summed E-state index contributed by atoms with van der Waals surface area (Å²) in [5, 5.41) is 7.03. The fourth-order valence-corrected chi connectivity index (χ4v) is 4.88. The number of hydrogen-bond acceptors (Lipinski definition) is 9. The van der Waals surface area contributed by atoms with Crippen LogP contribution >= 0.6 is 23.5 Å². The van der Waals surface area contributed by atoms with Crippen molar-refractivity contribution in [2.75, 3.05) is 59.8 Å². The molecule has 1 saturated carbocycles. The van der Waals surface area contributed by atoms with Gasteiger partial charge in [0.15, 0.2) is 5.82 Å².